The van der Waals surface area contributed by atoms with Crippen LogP contribution in [0.5, 0.6) is 0 Å². The molecule has 0 saturated heterocycles. The van der Waals surface area contributed by atoms with E-state index in [0.29, 0.717) is 0 Å². The van der Waals surface area contributed by atoms with E-state index in [4.69, 9.17) is 16.9 Å². The fourth-order valence-electron chi connectivity index (χ4n) is 5.13. The van der Waals surface area contributed by atoms with Crippen molar-refractivity contribution in [3.8, 4) is 0 Å². The number of rotatable bonds is 28. The van der Waals surface area contributed by atoms with E-state index >= 15 is 0 Å². The lowest BCUT2D eigenvalue weighted by Crippen LogP contribution is -2.51. The van der Waals surface area contributed by atoms with Crippen molar-refractivity contribution in [1.29, 1.82) is 5.41 Å². The van der Waals surface area contributed by atoms with Gasteiger partial charge in [-0.3, -0.25) is 5.41 Å². The summed E-state index contributed by atoms with van der Waals surface area (Å²) in [6.07, 6.45) is 35.7. The predicted octanol–water partition coefficient (Wildman–Crippen LogP) is 10.2. The summed E-state index contributed by atoms with van der Waals surface area (Å²) in [4.78, 5) is 0. The van der Waals surface area contributed by atoms with Crippen molar-refractivity contribution in [1.82, 2.24) is 0 Å². The maximum absolute atomic E-state index is 8.02. The molecule has 5 N–H and O–H groups in total. The van der Waals surface area contributed by atoms with E-state index in [0.717, 1.165) is 25.7 Å². The molecule has 0 aromatic rings. The molecular formula is C31H65N3. The number of unbranched alkanes of at least 4 members (excludes halogenated alkanes) is 23. The van der Waals surface area contributed by atoms with Crippen molar-refractivity contribution < 1.29 is 0 Å². The number of nitrogens with two attached hydrogens (primary N) is 2. The van der Waals surface area contributed by atoms with Gasteiger partial charge in [0.15, 0.2) is 0 Å². The van der Waals surface area contributed by atoms with E-state index in [9.17, 15) is 0 Å². The second-order valence-electron chi connectivity index (χ2n) is 11.2. The van der Waals surface area contributed by atoms with Crippen molar-refractivity contribution in [2.24, 2.45) is 11.5 Å². The van der Waals surface area contributed by atoms with E-state index in [1.165, 1.54) is 148 Å². The third-order valence-corrected chi connectivity index (χ3v) is 7.74. The van der Waals surface area contributed by atoms with Crippen LogP contribution in [0, 0.1) is 5.41 Å². The molecule has 1 atom stereocenters. The molecule has 204 valence electrons. The first-order chi connectivity index (χ1) is 16.6. The first-order valence-corrected chi connectivity index (χ1v) is 15.7. The van der Waals surface area contributed by atoms with Crippen LogP contribution in [0.15, 0.2) is 0 Å². The van der Waals surface area contributed by atoms with Crippen molar-refractivity contribution in [2.75, 3.05) is 0 Å². The van der Waals surface area contributed by atoms with Gasteiger partial charge < -0.3 is 11.5 Å². The highest BCUT2D eigenvalue weighted by atomic mass is 14.9. The first-order valence-electron chi connectivity index (χ1n) is 15.7. The van der Waals surface area contributed by atoms with Crippen LogP contribution in [0.1, 0.15) is 187 Å². The molecule has 1 unspecified atom stereocenters. The summed E-state index contributed by atoms with van der Waals surface area (Å²) >= 11 is 0. The highest BCUT2D eigenvalue weighted by Crippen LogP contribution is 2.22. The Labute approximate surface area is 215 Å². The Morgan fingerprint density at radius 1 is 0.441 bits per heavy atom. The lowest BCUT2D eigenvalue weighted by molar-refractivity contribution is 0.420. The van der Waals surface area contributed by atoms with Gasteiger partial charge in [0, 0.05) is 0 Å². The smallest absolute Gasteiger partial charge is 0.111 e. The summed E-state index contributed by atoms with van der Waals surface area (Å²) in [7, 11) is 0. The maximum atomic E-state index is 8.02. The summed E-state index contributed by atoms with van der Waals surface area (Å²) < 4.78 is 0. The molecule has 0 aliphatic heterocycles. The van der Waals surface area contributed by atoms with Crippen LogP contribution in [0.2, 0.25) is 0 Å². The first kappa shape index (κ1) is 33.4. The topological polar surface area (TPSA) is 75.9 Å². The quantitative estimate of drug-likeness (QED) is 0.0592. The van der Waals surface area contributed by atoms with Crippen molar-refractivity contribution in [3.63, 3.8) is 0 Å². The monoisotopic (exact) mass is 480 g/mol. The van der Waals surface area contributed by atoms with E-state index < -0.39 is 5.54 Å². The molecule has 0 aliphatic carbocycles. The van der Waals surface area contributed by atoms with Crippen LogP contribution in [-0.2, 0) is 0 Å². The largest absolute Gasteiger partial charge is 0.386 e. The van der Waals surface area contributed by atoms with E-state index in [-0.39, 0.29) is 5.84 Å². The van der Waals surface area contributed by atoms with Crippen LogP contribution in [0.25, 0.3) is 0 Å². The van der Waals surface area contributed by atoms with Crippen molar-refractivity contribution >= 4 is 5.84 Å². The normalized spacial score (nSPS) is 13.3. The summed E-state index contributed by atoms with van der Waals surface area (Å²) in [5.41, 5.74) is 11.9. The van der Waals surface area contributed by atoms with E-state index in [1.54, 1.807) is 0 Å². The molecule has 0 saturated carbocycles. The van der Waals surface area contributed by atoms with Crippen LogP contribution in [0.3, 0.4) is 0 Å². The van der Waals surface area contributed by atoms with Gasteiger partial charge in [0.25, 0.3) is 0 Å². The summed E-state index contributed by atoms with van der Waals surface area (Å²) in [6.45, 7) is 4.57. The standard InChI is InChI=1S/C31H65N3/c1-3-5-7-9-11-13-15-17-19-21-23-25-27-29-31(34,30(32)33)28-26-24-22-20-18-16-14-12-10-8-6-4-2/h3-29,34H2,1-2H3,(H3,32,33). The van der Waals surface area contributed by atoms with Crippen LogP contribution in [0.4, 0.5) is 0 Å². The molecule has 0 rings (SSSR count). The van der Waals surface area contributed by atoms with Crippen molar-refractivity contribution in [3.05, 3.63) is 0 Å². The Bertz CT molecular complexity index is 423. The molecule has 0 radical (unpaired) electrons. The number of amidine groups is 1. The summed E-state index contributed by atoms with van der Waals surface area (Å²) in [6, 6.07) is 0. The molecule has 3 nitrogen and oxygen atoms in total. The number of hydrogen-bond acceptors (Lipinski definition) is 2. The van der Waals surface area contributed by atoms with Crippen LogP contribution in [-0.4, -0.2) is 11.4 Å². The number of nitrogens with one attached hydrogen (secondary N) is 1. The zero-order valence-corrected chi connectivity index (χ0v) is 23.7. The second kappa shape index (κ2) is 25.5. The highest BCUT2D eigenvalue weighted by molar-refractivity contribution is 5.86. The third-order valence-electron chi connectivity index (χ3n) is 7.74. The van der Waals surface area contributed by atoms with Gasteiger partial charge in [-0.15, -0.1) is 0 Å². The summed E-state index contributed by atoms with van der Waals surface area (Å²) in [5, 5.41) is 8.02. The molecule has 0 aliphatic rings. The van der Waals surface area contributed by atoms with Crippen molar-refractivity contribution in [2.45, 2.75) is 193 Å². The Balaban J connectivity index is 3.58. The van der Waals surface area contributed by atoms with Gasteiger partial charge in [-0.05, 0) is 12.8 Å². The molecule has 0 amide bonds. The molecule has 3 heteroatoms. The SMILES string of the molecule is CCCCCCCCCCCCCCCC(N)(CCCCCCCCCCCCCC)C(=N)N. The van der Waals surface area contributed by atoms with E-state index in [1.807, 2.05) is 0 Å². The average molecular weight is 480 g/mol. The van der Waals surface area contributed by atoms with Crippen LogP contribution >= 0.6 is 0 Å². The Hall–Kier alpha value is -0.570. The van der Waals surface area contributed by atoms with Gasteiger partial charge in [-0.1, -0.05) is 174 Å². The fourth-order valence-corrected chi connectivity index (χ4v) is 5.13. The molecule has 0 fully saturated rings. The zero-order chi connectivity index (χ0) is 25.2. The Morgan fingerprint density at radius 2 is 0.647 bits per heavy atom. The average Bonchev–Trinajstić information content (AvgIpc) is 2.82. The second-order valence-corrected chi connectivity index (χ2v) is 11.2. The van der Waals surface area contributed by atoms with Crippen LogP contribution < -0.4 is 11.5 Å². The lowest BCUT2D eigenvalue weighted by Gasteiger charge is -2.28. The maximum Gasteiger partial charge on any atom is 0.111 e. The Kier molecular flexibility index (Phi) is 25.1. The van der Waals surface area contributed by atoms with Gasteiger partial charge in [-0.2, -0.15) is 0 Å². The molecular weight excluding hydrogens is 414 g/mol. The minimum atomic E-state index is -0.559. The van der Waals surface area contributed by atoms with Gasteiger partial charge in [0.2, 0.25) is 0 Å². The zero-order valence-electron chi connectivity index (χ0n) is 23.7. The van der Waals surface area contributed by atoms with Gasteiger partial charge in [-0.25, -0.2) is 0 Å². The minimum absolute atomic E-state index is 0.203. The summed E-state index contributed by atoms with van der Waals surface area (Å²) in [5.74, 6) is 0.203. The van der Waals surface area contributed by atoms with E-state index in [2.05, 4.69) is 13.8 Å². The predicted molar refractivity (Wildman–Crippen MR) is 155 cm³/mol. The van der Waals surface area contributed by atoms with Gasteiger partial charge in [0.1, 0.15) is 5.84 Å². The fraction of sp³-hybridized carbons (Fsp3) is 0.968. The highest BCUT2D eigenvalue weighted by Gasteiger charge is 2.27. The van der Waals surface area contributed by atoms with Gasteiger partial charge >= 0.3 is 0 Å². The Morgan fingerprint density at radius 3 is 0.853 bits per heavy atom. The van der Waals surface area contributed by atoms with Gasteiger partial charge in [0.05, 0.1) is 5.54 Å². The third kappa shape index (κ3) is 21.9. The minimum Gasteiger partial charge on any atom is -0.386 e. The number of hydrogen-bond donors (Lipinski definition) is 3. The molecule has 0 spiro atoms. The molecule has 0 aromatic heterocycles. The lowest BCUT2D eigenvalue weighted by atomic mass is 9.86. The molecule has 0 heterocycles. The molecule has 34 heavy (non-hydrogen) atoms. The molecule has 0 aromatic carbocycles. The molecule has 0 bridgehead atoms.